The Morgan fingerprint density at radius 1 is 1.09 bits per heavy atom. The van der Waals surface area contributed by atoms with Gasteiger partial charge in [0.25, 0.3) is 10.0 Å². The molecule has 1 saturated carbocycles. The molecule has 3 aromatic rings. The predicted molar refractivity (Wildman–Crippen MR) is 125 cm³/mol. The van der Waals surface area contributed by atoms with E-state index in [1.165, 1.54) is 3.97 Å². The summed E-state index contributed by atoms with van der Waals surface area (Å²) in [7, 11) is 0.302. The normalized spacial score (nSPS) is 21.6. The summed E-state index contributed by atoms with van der Waals surface area (Å²) in [6, 6.07) is 18.5. The molecule has 0 atom stereocenters. The molecular weight excluding hydrogens is 422 g/mol. The van der Waals surface area contributed by atoms with Gasteiger partial charge in [0.15, 0.2) is 0 Å². The molecular formula is C25H29N3O3S. The first-order valence-electron chi connectivity index (χ1n) is 10.9. The van der Waals surface area contributed by atoms with Gasteiger partial charge in [-0.05, 0) is 75.5 Å². The standard InChI is InChI=1S/C25H29N3O3S/c1-27(2)25(19-26)14-11-20(12-15-25)17-31-18-21-7-6-10-24-23(21)13-16-28(24)32(29,30)22-8-4-3-5-9-22/h3-10,13,16,20H,11-12,14-15,17-18H2,1-2H3. The lowest BCUT2D eigenvalue weighted by Gasteiger charge is -2.39. The van der Waals surface area contributed by atoms with Gasteiger partial charge in [0, 0.05) is 18.2 Å². The van der Waals surface area contributed by atoms with Crippen molar-refractivity contribution in [2.75, 3.05) is 20.7 Å². The molecule has 32 heavy (non-hydrogen) atoms. The highest BCUT2D eigenvalue weighted by atomic mass is 32.2. The van der Waals surface area contributed by atoms with Crippen molar-refractivity contribution in [2.45, 2.75) is 42.7 Å². The van der Waals surface area contributed by atoms with Gasteiger partial charge in [-0.25, -0.2) is 12.4 Å². The minimum absolute atomic E-state index is 0.266. The molecule has 2 aromatic carbocycles. The quantitative estimate of drug-likeness (QED) is 0.532. The highest BCUT2D eigenvalue weighted by molar-refractivity contribution is 7.90. The van der Waals surface area contributed by atoms with Gasteiger partial charge in [0.1, 0.15) is 5.54 Å². The van der Waals surface area contributed by atoms with E-state index in [-0.39, 0.29) is 10.4 Å². The van der Waals surface area contributed by atoms with Gasteiger partial charge in [-0.2, -0.15) is 5.26 Å². The summed E-state index contributed by atoms with van der Waals surface area (Å²) in [6.07, 6.45) is 5.28. The summed E-state index contributed by atoms with van der Waals surface area (Å²) in [6.45, 7) is 1.08. The van der Waals surface area contributed by atoms with Crippen LogP contribution < -0.4 is 0 Å². The molecule has 7 heteroatoms. The summed E-state index contributed by atoms with van der Waals surface area (Å²) in [4.78, 5) is 2.31. The van der Waals surface area contributed by atoms with E-state index in [1.54, 1.807) is 36.5 Å². The fourth-order valence-corrected chi connectivity index (χ4v) is 5.93. The van der Waals surface area contributed by atoms with Crippen LogP contribution in [0.3, 0.4) is 0 Å². The lowest BCUT2D eigenvalue weighted by atomic mass is 9.77. The average Bonchev–Trinajstić information content (AvgIpc) is 3.26. The second-order valence-electron chi connectivity index (χ2n) is 8.78. The van der Waals surface area contributed by atoms with Gasteiger partial charge in [-0.15, -0.1) is 0 Å². The molecule has 0 N–H and O–H groups in total. The largest absolute Gasteiger partial charge is 0.376 e. The summed E-state index contributed by atoms with van der Waals surface area (Å²) in [5, 5.41) is 10.5. The maximum absolute atomic E-state index is 13.1. The van der Waals surface area contributed by atoms with Crippen molar-refractivity contribution in [1.82, 2.24) is 8.87 Å². The maximum Gasteiger partial charge on any atom is 0.268 e. The fraction of sp³-hybridized carbons (Fsp3) is 0.400. The summed E-state index contributed by atoms with van der Waals surface area (Å²) in [5.74, 6) is 0.443. The number of nitrogens with zero attached hydrogens (tertiary/aromatic N) is 3. The maximum atomic E-state index is 13.1. The Morgan fingerprint density at radius 2 is 1.81 bits per heavy atom. The third-order valence-electron chi connectivity index (χ3n) is 6.70. The van der Waals surface area contributed by atoms with Gasteiger partial charge < -0.3 is 4.74 Å². The topological polar surface area (TPSA) is 75.3 Å². The highest BCUT2D eigenvalue weighted by Crippen LogP contribution is 2.35. The molecule has 1 heterocycles. The molecule has 1 aromatic heterocycles. The van der Waals surface area contributed by atoms with Crippen LogP contribution in [0.4, 0.5) is 0 Å². The molecule has 0 radical (unpaired) electrons. The molecule has 1 aliphatic rings. The third kappa shape index (κ3) is 4.18. The van der Waals surface area contributed by atoms with E-state index >= 15 is 0 Å². The van der Waals surface area contributed by atoms with Gasteiger partial charge in [0.2, 0.25) is 0 Å². The lowest BCUT2D eigenvalue weighted by molar-refractivity contribution is 0.0496. The van der Waals surface area contributed by atoms with E-state index in [0.717, 1.165) is 36.6 Å². The molecule has 0 unspecified atom stereocenters. The molecule has 0 aliphatic heterocycles. The first-order valence-corrected chi connectivity index (χ1v) is 12.4. The van der Waals surface area contributed by atoms with E-state index in [2.05, 4.69) is 6.07 Å². The van der Waals surface area contributed by atoms with Crippen LogP contribution >= 0.6 is 0 Å². The number of benzene rings is 2. The van der Waals surface area contributed by atoms with E-state index in [0.29, 0.717) is 24.6 Å². The van der Waals surface area contributed by atoms with Crippen LogP contribution in [0, 0.1) is 17.2 Å². The first-order chi connectivity index (χ1) is 15.4. The third-order valence-corrected chi connectivity index (χ3v) is 8.40. The zero-order valence-corrected chi connectivity index (χ0v) is 19.4. The molecule has 1 fully saturated rings. The Hall–Kier alpha value is -2.66. The SMILES string of the molecule is CN(C)C1(C#N)CCC(COCc2cccc3c2ccn3S(=O)(=O)c2ccccc2)CC1. The van der Waals surface area contributed by atoms with Crippen LogP contribution in [0.2, 0.25) is 0 Å². The van der Waals surface area contributed by atoms with Gasteiger partial charge in [-0.1, -0.05) is 30.3 Å². The minimum atomic E-state index is -3.65. The monoisotopic (exact) mass is 451 g/mol. The predicted octanol–water partition coefficient (Wildman–Crippen LogP) is 4.41. The number of ether oxygens (including phenoxy) is 1. The first kappa shape index (κ1) is 22.5. The number of nitriles is 1. The smallest absolute Gasteiger partial charge is 0.268 e. The van der Waals surface area contributed by atoms with Crippen molar-refractivity contribution in [3.8, 4) is 6.07 Å². The number of aromatic nitrogens is 1. The molecule has 0 bridgehead atoms. The Balaban J connectivity index is 1.44. The molecule has 4 rings (SSSR count). The van der Waals surface area contributed by atoms with Crippen molar-refractivity contribution < 1.29 is 13.2 Å². The molecule has 1 aliphatic carbocycles. The van der Waals surface area contributed by atoms with Gasteiger partial charge in [0.05, 0.1) is 23.1 Å². The van der Waals surface area contributed by atoms with Gasteiger partial charge >= 0.3 is 0 Å². The van der Waals surface area contributed by atoms with E-state index in [1.807, 2.05) is 43.3 Å². The van der Waals surface area contributed by atoms with E-state index in [4.69, 9.17) is 4.74 Å². The van der Waals surface area contributed by atoms with Crippen LogP contribution in [-0.4, -0.2) is 43.5 Å². The van der Waals surface area contributed by atoms with Crippen LogP contribution in [0.5, 0.6) is 0 Å². The number of hydrogen-bond acceptors (Lipinski definition) is 5. The second kappa shape index (κ2) is 9.07. The fourth-order valence-electron chi connectivity index (χ4n) is 4.56. The van der Waals surface area contributed by atoms with Crippen molar-refractivity contribution >= 4 is 20.9 Å². The average molecular weight is 452 g/mol. The zero-order valence-electron chi connectivity index (χ0n) is 18.6. The zero-order chi connectivity index (χ0) is 22.8. The van der Waals surface area contributed by atoms with Crippen LogP contribution in [0.25, 0.3) is 10.9 Å². The molecule has 0 amide bonds. The molecule has 6 nitrogen and oxygen atoms in total. The Kier molecular flexibility index (Phi) is 6.38. The van der Waals surface area contributed by atoms with Crippen LogP contribution in [0.1, 0.15) is 31.2 Å². The number of rotatable bonds is 7. The number of hydrogen-bond donors (Lipinski definition) is 0. The molecule has 0 saturated heterocycles. The van der Waals surface area contributed by atoms with Crippen molar-refractivity contribution in [2.24, 2.45) is 5.92 Å². The lowest BCUT2D eigenvalue weighted by Crippen LogP contribution is -2.46. The summed E-state index contributed by atoms with van der Waals surface area (Å²) >= 11 is 0. The molecule has 168 valence electrons. The minimum Gasteiger partial charge on any atom is -0.376 e. The highest BCUT2D eigenvalue weighted by Gasteiger charge is 2.37. The van der Waals surface area contributed by atoms with Crippen molar-refractivity contribution in [3.63, 3.8) is 0 Å². The summed E-state index contributed by atoms with van der Waals surface area (Å²) < 4.78 is 33.5. The second-order valence-corrected chi connectivity index (χ2v) is 10.6. The van der Waals surface area contributed by atoms with Gasteiger partial charge in [-0.3, -0.25) is 4.90 Å². The van der Waals surface area contributed by atoms with E-state index < -0.39 is 10.0 Å². The Labute approximate surface area is 190 Å². The van der Waals surface area contributed by atoms with E-state index in [9.17, 15) is 13.7 Å². The van der Waals surface area contributed by atoms with Crippen LogP contribution in [0.15, 0.2) is 65.7 Å². The molecule has 0 spiro atoms. The van der Waals surface area contributed by atoms with Crippen molar-refractivity contribution in [1.29, 1.82) is 5.26 Å². The summed E-state index contributed by atoms with van der Waals surface area (Å²) in [5.41, 5.74) is 1.27. The van der Waals surface area contributed by atoms with Crippen molar-refractivity contribution in [3.05, 3.63) is 66.4 Å². The Bertz CT molecular complexity index is 1220. The number of fused-ring (bicyclic) bond motifs is 1. The van der Waals surface area contributed by atoms with Crippen LogP contribution in [-0.2, 0) is 21.4 Å². The Morgan fingerprint density at radius 3 is 2.47 bits per heavy atom.